The van der Waals surface area contributed by atoms with E-state index in [0.29, 0.717) is 24.3 Å². The van der Waals surface area contributed by atoms with Crippen molar-refractivity contribution in [2.45, 2.75) is 13.3 Å². The minimum absolute atomic E-state index is 0.0347. The van der Waals surface area contributed by atoms with Crippen molar-refractivity contribution in [3.05, 3.63) is 23.8 Å². The van der Waals surface area contributed by atoms with Crippen LogP contribution in [-0.2, 0) is 11.2 Å². The van der Waals surface area contributed by atoms with E-state index >= 15 is 0 Å². The van der Waals surface area contributed by atoms with Crippen molar-refractivity contribution in [1.29, 1.82) is 0 Å². The van der Waals surface area contributed by atoms with Gasteiger partial charge in [0.15, 0.2) is 0 Å². The maximum absolute atomic E-state index is 10.6. The molecule has 0 saturated heterocycles. The van der Waals surface area contributed by atoms with Crippen LogP contribution in [0, 0.1) is 0 Å². The fourth-order valence-corrected chi connectivity index (χ4v) is 1.22. The van der Waals surface area contributed by atoms with Crippen molar-refractivity contribution in [3.8, 4) is 0 Å². The molecular weight excluding hydrogens is 178 g/mol. The van der Waals surface area contributed by atoms with Crippen molar-refractivity contribution < 1.29 is 4.79 Å². The quantitative estimate of drug-likeness (QED) is 0.612. The van der Waals surface area contributed by atoms with Gasteiger partial charge in [0.2, 0.25) is 5.91 Å². The van der Waals surface area contributed by atoms with Gasteiger partial charge in [0.1, 0.15) is 0 Å². The first-order chi connectivity index (χ1) is 6.59. The average molecular weight is 193 g/mol. The van der Waals surface area contributed by atoms with E-state index in [4.69, 9.17) is 11.5 Å². The highest BCUT2D eigenvalue weighted by atomic mass is 16.1. The monoisotopic (exact) mass is 193 g/mol. The molecule has 0 radical (unpaired) electrons. The number of nitrogens with one attached hydrogen (secondary N) is 1. The van der Waals surface area contributed by atoms with Gasteiger partial charge in [-0.15, -0.1) is 0 Å². The van der Waals surface area contributed by atoms with Crippen LogP contribution < -0.4 is 16.8 Å². The summed E-state index contributed by atoms with van der Waals surface area (Å²) in [6, 6.07) is 5.37. The summed E-state index contributed by atoms with van der Waals surface area (Å²) in [7, 11) is 0. The van der Waals surface area contributed by atoms with Gasteiger partial charge in [-0.25, -0.2) is 0 Å². The number of hydrogen-bond donors (Lipinski definition) is 3. The lowest BCUT2D eigenvalue weighted by Gasteiger charge is -2.06. The fourth-order valence-electron chi connectivity index (χ4n) is 1.22. The lowest BCUT2D eigenvalue weighted by atomic mass is 10.1. The first-order valence-electron chi connectivity index (χ1n) is 4.48. The Hall–Kier alpha value is -1.71. The van der Waals surface area contributed by atoms with Crippen LogP contribution in [0.2, 0.25) is 0 Å². The first-order valence-corrected chi connectivity index (χ1v) is 4.48. The van der Waals surface area contributed by atoms with Gasteiger partial charge < -0.3 is 16.8 Å². The lowest BCUT2D eigenvalue weighted by molar-refractivity contribution is -0.118. The maximum atomic E-state index is 10.6. The summed E-state index contributed by atoms with van der Waals surface area (Å²) < 4.78 is 0. The molecule has 0 fully saturated rings. The topological polar surface area (TPSA) is 81.1 Å². The Morgan fingerprint density at radius 2 is 2.14 bits per heavy atom. The van der Waals surface area contributed by atoms with Gasteiger partial charge in [-0.3, -0.25) is 4.79 Å². The van der Waals surface area contributed by atoms with Crippen molar-refractivity contribution in [2.24, 2.45) is 0 Å². The molecule has 4 nitrogen and oxygen atoms in total. The molecule has 0 atom stereocenters. The van der Waals surface area contributed by atoms with Crippen LogP contribution in [0.4, 0.5) is 11.4 Å². The summed E-state index contributed by atoms with van der Waals surface area (Å²) in [5.74, 6) is -0.0347. The Morgan fingerprint density at radius 1 is 1.43 bits per heavy atom. The Kier molecular flexibility index (Phi) is 3.34. The molecule has 0 aliphatic rings. The molecule has 0 aliphatic heterocycles. The molecule has 0 spiro atoms. The SMILES string of the molecule is CC(=O)NCCc1cc(N)ccc1N. The minimum atomic E-state index is -0.0347. The van der Waals surface area contributed by atoms with Gasteiger partial charge in [0.25, 0.3) is 0 Å². The van der Waals surface area contributed by atoms with Crippen molar-refractivity contribution in [2.75, 3.05) is 18.0 Å². The van der Waals surface area contributed by atoms with E-state index in [1.165, 1.54) is 6.92 Å². The summed E-state index contributed by atoms with van der Waals surface area (Å²) in [4.78, 5) is 10.6. The molecule has 4 heteroatoms. The largest absolute Gasteiger partial charge is 0.399 e. The molecule has 14 heavy (non-hydrogen) atoms. The Balaban J connectivity index is 2.57. The summed E-state index contributed by atoms with van der Waals surface area (Å²) >= 11 is 0. The van der Waals surface area contributed by atoms with E-state index in [2.05, 4.69) is 5.32 Å². The minimum Gasteiger partial charge on any atom is -0.399 e. The number of benzene rings is 1. The number of nitrogens with two attached hydrogens (primary N) is 2. The van der Waals surface area contributed by atoms with Crippen LogP contribution in [0.25, 0.3) is 0 Å². The van der Waals surface area contributed by atoms with E-state index in [1.54, 1.807) is 12.1 Å². The first kappa shape index (κ1) is 10.4. The number of amides is 1. The highest BCUT2D eigenvalue weighted by Gasteiger charge is 1.99. The summed E-state index contributed by atoms with van der Waals surface area (Å²) in [6.07, 6.45) is 0.705. The van der Waals surface area contributed by atoms with Gasteiger partial charge in [-0.05, 0) is 30.2 Å². The van der Waals surface area contributed by atoms with Gasteiger partial charge in [0, 0.05) is 24.8 Å². The van der Waals surface area contributed by atoms with Crippen molar-refractivity contribution in [3.63, 3.8) is 0 Å². The molecule has 0 bridgehead atoms. The zero-order chi connectivity index (χ0) is 10.6. The molecule has 76 valence electrons. The fraction of sp³-hybridized carbons (Fsp3) is 0.300. The van der Waals surface area contributed by atoms with Gasteiger partial charge in [-0.2, -0.15) is 0 Å². The van der Waals surface area contributed by atoms with E-state index in [0.717, 1.165) is 5.56 Å². The molecule has 0 aromatic heterocycles. The van der Waals surface area contributed by atoms with Gasteiger partial charge in [-0.1, -0.05) is 0 Å². The van der Waals surface area contributed by atoms with Crippen LogP contribution in [0.1, 0.15) is 12.5 Å². The predicted molar refractivity (Wildman–Crippen MR) is 57.7 cm³/mol. The van der Waals surface area contributed by atoms with Crippen molar-refractivity contribution in [1.82, 2.24) is 5.32 Å². The summed E-state index contributed by atoms with van der Waals surface area (Å²) in [5.41, 5.74) is 13.7. The lowest BCUT2D eigenvalue weighted by Crippen LogP contribution is -2.22. The Morgan fingerprint density at radius 3 is 2.79 bits per heavy atom. The number of nitrogen functional groups attached to an aromatic ring is 2. The van der Waals surface area contributed by atoms with Crippen LogP contribution >= 0.6 is 0 Å². The highest BCUT2D eigenvalue weighted by molar-refractivity contribution is 5.72. The van der Waals surface area contributed by atoms with Crippen LogP contribution in [0.5, 0.6) is 0 Å². The molecule has 1 rings (SSSR count). The molecule has 0 heterocycles. The second kappa shape index (κ2) is 4.50. The molecule has 1 aromatic rings. The average Bonchev–Trinajstić information content (AvgIpc) is 2.10. The molecule has 1 amide bonds. The molecule has 5 N–H and O–H groups in total. The smallest absolute Gasteiger partial charge is 0.216 e. The molecule has 0 saturated carbocycles. The second-order valence-electron chi connectivity index (χ2n) is 3.19. The maximum Gasteiger partial charge on any atom is 0.216 e. The summed E-state index contributed by atoms with van der Waals surface area (Å²) in [6.45, 7) is 2.08. The highest BCUT2D eigenvalue weighted by Crippen LogP contribution is 2.15. The van der Waals surface area contributed by atoms with Crippen LogP contribution in [0.15, 0.2) is 18.2 Å². The Labute approximate surface area is 83.3 Å². The van der Waals surface area contributed by atoms with Crippen molar-refractivity contribution >= 4 is 17.3 Å². The van der Waals surface area contributed by atoms with E-state index in [1.807, 2.05) is 6.07 Å². The Bertz CT molecular complexity index is 336. The molecule has 1 aromatic carbocycles. The summed E-state index contributed by atoms with van der Waals surface area (Å²) in [5, 5.41) is 2.71. The standard InChI is InChI=1S/C10H15N3O/c1-7(14)13-5-4-8-6-9(11)2-3-10(8)12/h2-3,6H,4-5,11-12H2,1H3,(H,13,14). The third-order valence-electron chi connectivity index (χ3n) is 1.94. The van der Waals surface area contributed by atoms with E-state index in [9.17, 15) is 4.79 Å². The number of anilines is 2. The number of carbonyl (C=O) groups is 1. The number of hydrogen-bond acceptors (Lipinski definition) is 3. The third kappa shape index (κ3) is 2.97. The van der Waals surface area contributed by atoms with E-state index in [-0.39, 0.29) is 5.91 Å². The third-order valence-corrected chi connectivity index (χ3v) is 1.94. The predicted octanol–water partition coefficient (Wildman–Crippen LogP) is 0.530. The zero-order valence-electron chi connectivity index (χ0n) is 8.21. The van der Waals surface area contributed by atoms with Crippen LogP contribution in [0.3, 0.4) is 0 Å². The molecule has 0 aliphatic carbocycles. The second-order valence-corrected chi connectivity index (χ2v) is 3.19. The zero-order valence-corrected chi connectivity index (χ0v) is 8.21. The number of carbonyl (C=O) groups excluding carboxylic acids is 1. The number of rotatable bonds is 3. The molecular formula is C10H15N3O. The molecule has 0 unspecified atom stereocenters. The van der Waals surface area contributed by atoms with Crippen LogP contribution in [-0.4, -0.2) is 12.5 Å². The normalized spacial score (nSPS) is 9.79. The van der Waals surface area contributed by atoms with E-state index < -0.39 is 0 Å². The van der Waals surface area contributed by atoms with Gasteiger partial charge >= 0.3 is 0 Å². The van der Waals surface area contributed by atoms with Gasteiger partial charge in [0.05, 0.1) is 0 Å².